The van der Waals surface area contributed by atoms with Crippen molar-refractivity contribution in [3.63, 3.8) is 0 Å². The van der Waals surface area contributed by atoms with Crippen molar-refractivity contribution in [1.82, 2.24) is 0 Å². The van der Waals surface area contributed by atoms with Gasteiger partial charge in [-0.2, -0.15) is 0 Å². The van der Waals surface area contributed by atoms with E-state index in [1.807, 2.05) is 0 Å². The predicted octanol–water partition coefficient (Wildman–Crippen LogP) is 3.13. The Morgan fingerprint density at radius 1 is 1.12 bits per heavy atom. The highest BCUT2D eigenvalue weighted by atomic mass is 15.2. The van der Waals surface area contributed by atoms with Crippen molar-refractivity contribution >= 4 is 11.4 Å². The SMILES string of the molecule is CCN(CC)c1cccc(N2CCCC2)c1. The molecule has 2 rings (SSSR count). The monoisotopic (exact) mass is 218 g/mol. The Hall–Kier alpha value is -1.18. The molecule has 1 aliphatic heterocycles. The zero-order chi connectivity index (χ0) is 11.4. The van der Waals surface area contributed by atoms with Crippen molar-refractivity contribution in [2.75, 3.05) is 36.0 Å². The Morgan fingerprint density at radius 2 is 1.81 bits per heavy atom. The van der Waals surface area contributed by atoms with Gasteiger partial charge in [-0.05, 0) is 44.9 Å². The summed E-state index contributed by atoms with van der Waals surface area (Å²) < 4.78 is 0. The van der Waals surface area contributed by atoms with Crippen molar-refractivity contribution in [2.45, 2.75) is 26.7 Å². The maximum Gasteiger partial charge on any atom is 0.0386 e. The van der Waals surface area contributed by atoms with E-state index in [-0.39, 0.29) is 0 Å². The van der Waals surface area contributed by atoms with E-state index in [4.69, 9.17) is 0 Å². The zero-order valence-electron chi connectivity index (χ0n) is 10.4. The first-order valence-corrected chi connectivity index (χ1v) is 6.45. The number of nitrogens with zero attached hydrogens (tertiary/aromatic N) is 2. The molecule has 1 saturated heterocycles. The van der Waals surface area contributed by atoms with Crippen molar-refractivity contribution in [3.8, 4) is 0 Å². The van der Waals surface area contributed by atoms with E-state index in [9.17, 15) is 0 Å². The summed E-state index contributed by atoms with van der Waals surface area (Å²) in [6.45, 7) is 9.04. The summed E-state index contributed by atoms with van der Waals surface area (Å²) in [6, 6.07) is 8.96. The van der Waals surface area contributed by atoms with E-state index in [0.29, 0.717) is 0 Å². The molecule has 2 heteroatoms. The number of hydrogen-bond donors (Lipinski definition) is 0. The number of anilines is 2. The molecule has 1 aliphatic rings. The molecule has 0 aliphatic carbocycles. The third-order valence-corrected chi connectivity index (χ3v) is 3.43. The van der Waals surface area contributed by atoms with Gasteiger partial charge in [0.15, 0.2) is 0 Å². The van der Waals surface area contributed by atoms with Gasteiger partial charge in [0.2, 0.25) is 0 Å². The van der Waals surface area contributed by atoms with Crippen LogP contribution in [-0.4, -0.2) is 26.2 Å². The van der Waals surface area contributed by atoms with Crippen LogP contribution >= 0.6 is 0 Å². The Bertz CT molecular complexity index is 308. The highest BCUT2D eigenvalue weighted by Crippen LogP contribution is 2.25. The van der Waals surface area contributed by atoms with Gasteiger partial charge in [-0.1, -0.05) is 6.07 Å². The molecule has 1 heterocycles. The van der Waals surface area contributed by atoms with E-state index >= 15 is 0 Å². The van der Waals surface area contributed by atoms with Crippen LogP contribution in [0.3, 0.4) is 0 Å². The van der Waals surface area contributed by atoms with E-state index in [1.54, 1.807) is 0 Å². The lowest BCUT2D eigenvalue weighted by molar-refractivity contribution is 0.864. The minimum Gasteiger partial charge on any atom is -0.372 e. The molecular formula is C14H22N2. The Balaban J connectivity index is 2.18. The van der Waals surface area contributed by atoms with Gasteiger partial charge in [-0.3, -0.25) is 0 Å². The quantitative estimate of drug-likeness (QED) is 0.766. The van der Waals surface area contributed by atoms with Crippen LogP contribution in [0.2, 0.25) is 0 Å². The minimum atomic E-state index is 1.08. The van der Waals surface area contributed by atoms with Gasteiger partial charge in [0, 0.05) is 37.6 Å². The Kier molecular flexibility index (Phi) is 3.70. The Labute approximate surface area is 98.9 Å². The van der Waals surface area contributed by atoms with Gasteiger partial charge in [-0.25, -0.2) is 0 Å². The standard InChI is InChI=1S/C14H22N2/c1-3-15(4-2)13-8-7-9-14(12-13)16-10-5-6-11-16/h7-9,12H,3-6,10-11H2,1-2H3. The fraction of sp³-hybridized carbons (Fsp3) is 0.571. The molecule has 88 valence electrons. The van der Waals surface area contributed by atoms with Crippen LogP contribution in [0.4, 0.5) is 11.4 Å². The number of rotatable bonds is 4. The minimum absolute atomic E-state index is 1.08. The second kappa shape index (κ2) is 5.24. The highest BCUT2D eigenvalue weighted by Gasteiger charge is 2.13. The Morgan fingerprint density at radius 3 is 2.44 bits per heavy atom. The lowest BCUT2D eigenvalue weighted by atomic mass is 10.2. The van der Waals surface area contributed by atoms with Gasteiger partial charge < -0.3 is 9.80 Å². The highest BCUT2D eigenvalue weighted by molar-refractivity contribution is 5.59. The van der Waals surface area contributed by atoms with Crippen molar-refractivity contribution in [2.24, 2.45) is 0 Å². The third kappa shape index (κ3) is 2.31. The molecule has 0 radical (unpaired) electrons. The maximum atomic E-state index is 2.49. The predicted molar refractivity (Wildman–Crippen MR) is 71.5 cm³/mol. The summed E-state index contributed by atoms with van der Waals surface area (Å²) in [5.41, 5.74) is 2.75. The molecule has 0 N–H and O–H groups in total. The normalized spacial score (nSPS) is 15.5. The fourth-order valence-electron chi connectivity index (χ4n) is 2.45. The number of hydrogen-bond acceptors (Lipinski definition) is 2. The first kappa shape index (κ1) is 11.3. The lowest BCUT2D eigenvalue weighted by Gasteiger charge is -2.24. The molecule has 0 aromatic heterocycles. The first-order chi connectivity index (χ1) is 7.85. The molecule has 0 saturated carbocycles. The summed E-state index contributed by atoms with van der Waals surface area (Å²) in [5, 5.41) is 0. The molecule has 1 fully saturated rings. The molecule has 0 atom stereocenters. The van der Waals surface area contributed by atoms with E-state index in [0.717, 1.165) is 13.1 Å². The fourth-order valence-corrected chi connectivity index (χ4v) is 2.45. The molecule has 0 amide bonds. The average molecular weight is 218 g/mol. The van der Waals surface area contributed by atoms with E-state index in [1.165, 1.54) is 37.3 Å². The average Bonchev–Trinajstić information content (AvgIpc) is 2.85. The molecule has 0 bridgehead atoms. The third-order valence-electron chi connectivity index (χ3n) is 3.43. The molecule has 1 aromatic carbocycles. The van der Waals surface area contributed by atoms with Crippen molar-refractivity contribution < 1.29 is 0 Å². The van der Waals surface area contributed by atoms with Gasteiger partial charge in [-0.15, -0.1) is 0 Å². The van der Waals surface area contributed by atoms with Crippen LogP contribution < -0.4 is 9.80 Å². The molecule has 2 nitrogen and oxygen atoms in total. The summed E-state index contributed by atoms with van der Waals surface area (Å²) in [5.74, 6) is 0. The van der Waals surface area contributed by atoms with Gasteiger partial charge in [0.1, 0.15) is 0 Å². The van der Waals surface area contributed by atoms with Crippen LogP contribution in [-0.2, 0) is 0 Å². The maximum absolute atomic E-state index is 2.49. The summed E-state index contributed by atoms with van der Waals surface area (Å²) in [4.78, 5) is 4.90. The number of benzene rings is 1. The topological polar surface area (TPSA) is 6.48 Å². The second-order valence-corrected chi connectivity index (χ2v) is 4.39. The van der Waals surface area contributed by atoms with Crippen LogP contribution in [0, 0.1) is 0 Å². The molecule has 16 heavy (non-hydrogen) atoms. The molecule has 0 unspecified atom stereocenters. The lowest BCUT2D eigenvalue weighted by Crippen LogP contribution is -2.23. The largest absolute Gasteiger partial charge is 0.372 e. The summed E-state index contributed by atoms with van der Waals surface area (Å²) in [7, 11) is 0. The summed E-state index contributed by atoms with van der Waals surface area (Å²) in [6.07, 6.45) is 2.69. The van der Waals surface area contributed by atoms with E-state index < -0.39 is 0 Å². The van der Waals surface area contributed by atoms with Gasteiger partial charge >= 0.3 is 0 Å². The van der Waals surface area contributed by atoms with Gasteiger partial charge in [0.25, 0.3) is 0 Å². The molecular weight excluding hydrogens is 196 g/mol. The second-order valence-electron chi connectivity index (χ2n) is 4.39. The van der Waals surface area contributed by atoms with Crippen molar-refractivity contribution in [1.29, 1.82) is 0 Å². The van der Waals surface area contributed by atoms with Crippen LogP contribution in [0.5, 0.6) is 0 Å². The van der Waals surface area contributed by atoms with Gasteiger partial charge in [0.05, 0.1) is 0 Å². The van der Waals surface area contributed by atoms with Crippen LogP contribution in [0.1, 0.15) is 26.7 Å². The molecule has 0 spiro atoms. The zero-order valence-corrected chi connectivity index (χ0v) is 10.4. The van der Waals surface area contributed by atoms with Crippen LogP contribution in [0.25, 0.3) is 0 Å². The molecule has 1 aromatic rings. The summed E-state index contributed by atoms with van der Waals surface area (Å²) >= 11 is 0. The smallest absolute Gasteiger partial charge is 0.0386 e. The van der Waals surface area contributed by atoms with Crippen molar-refractivity contribution in [3.05, 3.63) is 24.3 Å². The van der Waals surface area contributed by atoms with E-state index in [2.05, 4.69) is 47.9 Å². The van der Waals surface area contributed by atoms with Crippen LogP contribution in [0.15, 0.2) is 24.3 Å². The first-order valence-electron chi connectivity index (χ1n) is 6.45.